The van der Waals surface area contributed by atoms with Crippen LogP contribution in [0, 0.1) is 5.92 Å². The molecule has 0 heterocycles. The minimum absolute atomic E-state index is 0.00894. The lowest BCUT2D eigenvalue weighted by molar-refractivity contribution is -0.111. The molecular formula is C16H24OS. The zero-order valence-corrected chi connectivity index (χ0v) is 12.7. The SMILES string of the molecule is CCCSC(=O)C(C)c1ccc(CC(C)C)cc1. The van der Waals surface area contributed by atoms with Gasteiger partial charge in [0.1, 0.15) is 0 Å². The summed E-state index contributed by atoms with van der Waals surface area (Å²) in [5.74, 6) is 1.61. The molecule has 1 nitrogen and oxygen atoms in total. The Morgan fingerprint density at radius 1 is 1.17 bits per heavy atom. The van der Waals surface area contributed by atoms with E-state index in [1.54, 1.807) is 0 Å². The molecule has 1 atom stereocenters. The second-order valence-electron chi connectivity index (χ2n) is 5.23. The molecule has 1 rings (SSSR count). The van der Waals surface area contributed by atoms with E-state index in [4.69, 9.17) is 0 Å². The number of hydrogen-bond donors (Lipinski definition) is 0. The average Bonchev–Trinajstić information content (AvgIpc) is 2.35. The third-order valence-corrected chi connectivity index (χ3v) is 4.18. The number of thioether (sulfide) groups is 1. The van der Waals surface area contributed by atoms with E-state index in [1.165, 1.54) is 17.3 Å². The molecule has 2 heteroatoms. The molecule has 0 fully saturated rings. The predicted octanol–water partition coefficient (Wildman–Crippen LogP) is 4.66. The number of carbonyl (C=O) groups excluding carboxylic acids is 1. The maximum Gasteiger partial charge on any atom is 0.196 e. The highest BCUT2D eigenvalue weighted by Gasteiger charge is 2.15. The van der Waals surface area contributed by atoms with Crippen LogP contribution in [0.5, 0.6) is 0 Å². The summed E-state index contributed by atoms with van der Waals surface area (Å²) in [6.45, 7) is 8.55. The summed E-state index contributed by atoms with van der Waals surface area (Å²) in [5, 5.41) is 0.286. The zero-order chi connectivity index (χ0) is 13.5. The molecule has 100 valence electrons. The average molecular weight is 264 g/mol. The Morgan fingerprint density at radius 3 is 2.28 bits per heavy atom. The molecule has 0 bridgehead atoms. The summed E-state index contributed by atoms with van der Waals surface area (Å²) in [5.41, 5.74) is 2.49. The number of benzene rings is 1. The maximum absolute atomic E-state index is 11.9. The molecule has 0 radical (unpaired) electrons. The lowest BCUT2D eigenvalue weighted by Crippen LogP contribution is -2.06. The van der Waals surface area contributed by atoms with Crippen molar-refractivity contribution in [2.75, 3.05) is 5.75 Å². The Morgan fingerprint density at radius 2 is 1.78 bits per heavy atom. The van der Waals surface area contributed by atoms with Crippen LogP contribution in [0.1, 0.15) is 51.2 Å². The first-order valence-electron chi connectivity index (χ1n) is 6.80. The van der Waals surface area contributed by atoms with Crippen molar-refractivity contribution >= 4 is 16.9 Å². The van der Waals surface area contributed by atoms with Gasteiger partial charge in [-0.15, -0.1) is 0 Å². The second-order valence-corrected chi connectivity index (χ2v) is 6.33. The predicted molar refractivity (Wildman–Crippen MR) is 81.2 cm³/mol. The Hall–Kier alpha value is -0.760. The quantitative estimate of drug-likeness (QED) is 0.743. The van der Waals surface area contributed by atoms with E-state index in [-0.39, 0.29) is 11.0 Å². The van der Waals surface area contributed by atoms with Crippen LogP contribution >= 0.6 is 11.8 Å². The van der Waals surface area contributed by atoms with Crippen LogP contribution in [0.15, 0.2) is 24.3 Å². The number of hydrogen-bond acceptors (Lipinski definition) is 2. The van der Waals surface area contributed by atoms with Gasteiger partial charge in [-0.1, -0.05) is 63.7 Å². The Balaban J connectivity index is 2.63. The van der Waals surface area contributed by atoms with Crippen LogP contribution in [-0.2, 0) is 11.2 Å². The highest BCUT2D eigenvalue weighted by Crippen LogP contribution is 2.23. The van der Waals surface area contributed by atoms with Gasteiger partial charge in [0.15, 0.2) is 5.12 Å². The fourth-order valence-electron chi connectivity index (χ4n) is 1.88. The first-order valence-corrected chi connectivity index (χ1v) is 7.78. The van der Waals surface area contributed by atoms with Crippen LogP contribution in [0.2, 0.25) is 0 Å². The molecule has 0 aliphatic carbocycles. The van der Waals surface area contributed by atoms with Crippen LogP contribution in [0.4, 0.5) is 0 Å². The van der Waals surface area contributed by atoms with Gasteiger partial charge < -0.3 is 0 Å². The molecule has 1 unspecified atom stereocenters. The summed E-state index contributed by atoms with van der Waals surface area (Å²) in [6, 6.07) is 8.52. The van der Waals surface area contributed by atoms with Crippen molar-refractivity contribution in [1.29, 1.82) is 0 Å². The largest absolute Gasteiger partial charge is 0.287 e. The van der Waals surface area contributed by atoms with Crippen LogP contribution < -0.4 is 0 Å². The monoisotopic (exact) mass is 264 g/mol. The molecule has 0 aliphatic heterocycles. The molecule has 0 saturated heterocycles. The van der Waals surface area contributed by atoms with Gasteiger partial charge in [-0.25, -0.2) is 0 Å². The minimum Gasteiger partial charge on any atom is -0.287 e. The van der Waals surface area contributed by atoms with Crippen LogP contribution in [0.3, 0.4) is 0 Å². The first-order chi connectivity index (χ1) is 8.54. The maximum atomic E-state index is 11.9. The van der Waals surface area contributed by atoms with Gasteiger partial charge in [0, 0.05) is 5.75 Å². The summed E-state index contributed by atoms with van der Waals surface area (Å²) < 4.78 is 0. The molecule has 18 heavy (non-hydrogen) atoms. The third kappa shape index (κ3) is 4.85. The molecule has 0 spiro atoms. The van der Waals surface area contributed by atoms with Crippen LogP contribution in [0.25, 0.3) is 0 Å². The molecular weight excluding hydrogens is 240 g/mol. The minimum atomic E-state index is 0.00894. The van der Waals surface area contributed by atoms with Crippen molar-refractivity contribution in [1.82, 2.24) is 0 Å². The van der Waals surface area contributed by atoms with Gasteiger partial charge in [0.05, 0.1) is 5.92 Å². The van der Waals surface area contributed by atoms with E-state index in [2.05, 4.69) is 45.0 Å². The van der Waals surface area contributed by atoms with E-state index in [1.807, 2.05) is 6.92 Å². The molecule has 1 aromatic carbocycles. The summed E-state index contributed by atoms with van der Waals surface area (Å²) in [7, 11) is 0. The smallest absolute Gasteiger partial charge is 0.196 e. The van der Waals surface area contributed by atoms with Gasteiger partial charge in [-0.05, 0) is 29.9 Å². The van der Waals surface area contributed by atoms with E-state index in [9.17, 15) is 4.79 Å². The number of rotatable bonds is 6. The van der Waals surface area contributed by atoms with E-state index < -0.39 is 0 Å². The normalized spacial score (nSPS) is 12.7. The van der Waals surface area contributed by atoms with E-state index >= 15 is 0 Å². The topological polar surface area (TPSA) is 17.1 Å². The van der Waals surface area contributed by atoms with Crippen molar-refractivity contribution in [2.45, 2.75) is 46.5 Å². The Labute approximate surface area is 115 Å². The highest BCUT2D eigenvalue weighted by molar-refractivity contribution is 8.13. The Bertz CT molecular complexity index is 367. The molecule has 0 saturated carbocycles. The van der Waals surface area contributed by atoms with Gasteiger partial charge >= 0.3 is 0 Å². The van der Waals surface area contributed by atoms with Gasteiger partial charge in [0.2, 0.25) is 0 Å². The van der Waals surface area contributed by atoms with Gasteiger partial charge in [0.25, 0.3) is 0 Å². The lowest BCUT2D eigenvalue weighted by Gasteiger charge is -2.11. The summed E-state index contributed by atoms with van der Waals surface area (Å²) in [6.07, 6.45) is 2.16. The molecule has 0 N–H and O–H groups in total. The second kappa shape index (κ2) is 7.63. The van der Waals surface area contributed by atoms with Crippen LogP contribution in [-0.4, -0.2) is 10.9 Å². The van der Waals surface area contributed by atoms with Crippen molar-refractivity contribution < 1.29 is 4.79 Å². The van der Waals surface area contributed by atoms with Crippen molar-refractivity contribution in [2.24, 2.45) is 5.92 Å². The van der Waals surface area contributed by atoms with Crippen molar-refractivity contribution in [3.05, 3.63) is 35.4 Å². The summed E-state index contributed by atoms with van der Waals surface area (Å²) >= 11 is 1.46. The standard InChI is InChI=1S/C16H24OS/c1-5-10-18-16(17)13(4)15-8-6-14(7-9-15)11-12(2)3/h6-9,12-13H,5,10-11H2,1-4H3. The molecule has 0 aliphatic rings. The highest BCUT2D eigenvalue weighted by atomic mass is 32.2. The zero-order valence-electron chi connectivity index (χ0n) is 11.9. The molecule has 0 aromatic heterocycles. The van der Waals surface area contributed by atoms with E-state index in [0.717, 1.165) is 24.2 Å². The first kappa shape index (κ1) is 15.3. The molecule has 1 aromatic rings. The van der Waals surface area contributed by atoms with E-state index in [0.29, 0.717) is 5.92 Å². The third-order valence-electron chi connectivity index (χ3n) is 2.93. The van der Waals surface area contributed by atoms with Crippen molar-refractivity contribution in [3.8, 4) is 0 Å². The Kier molecular flexibility index (Phi) is 6.48. The fraction of sp³-hybridized carbons (Fsp3) is 0.562. The number of carbonyl (C=O) groups is 1. The van der Waals surface area contributed by atoms with Gasteiger partial charge in [-0.3, -0.25) is 4.79 Å². The van der Waals surface area contributed by atoms with Gasteiger partial charge in [-0.2, -0.15) is 0 Å². The summed E-state index contributed by atoms with van der Waals surface area (Å²) in [4.78, 5) is 11.9. The fourth-order valence-corrected chi connectivity index (χ4v) is 2.67. The molecule has 0 amide bonds. The van der Waals surface area contributed by atoms with Crippen molar-refractivity contribution in [3.63, 3.8) is 0 Å². The lowest BCUT2D eigenvalue weighted by atomic mass is 9.97.